The summed E-state index contributed by atoms with van der Waals surface area (Å²) in [4.78, 5) is 0. The van der Waals surface area contributed by atoms with E-state index in [1.807, 2.05) is 10.9 Å². The Hall–Kier alpha value is -1.51. The van der Waals surface area contributed by atoms with E-state index < -0.39 is 0 Å². The second-order valence-electron chi connectivity index (χ2n) is 4.48. The van der Waals surface area contributed by atoms with E-state index in [1.54, 1.807) is 13.3 Å². The molecule has 0 fully saturated rings. The van der Waals surface area contributed by atoms with Crippen molar-refractivity contribution >= 4 is 11.3 Å². The van der Waals surface area contributed by atoms with E-state index in [9.17, 15) is 0 Å². The Labute approximate surface area is 121 Å². The number of ether oxygens (including phenoxy) is 2. The molecular weight excluding hydrogens is 278 g/mol. The summed E-state index contributed by atoms with van der Waals surface area (Å²) in [7, 11) is 1.68. The van der Waals surface area contributed by atoms with E-state index in [0.29, 0.717) is 30.1 Å². The Morgan fingerprint density at radius 1 is 1.40 bits per heavy atom. The predicted octanol–water partition coefficient (Wildman–Crippen LogP) is 1.84. The van der Waals surface area contributed by atoms with Crippen molar-refractivity contribution in [2.75, 3.05) is 20.3 Å². The van der Waals surface area contributed by atoms with Crippen LogP contribution in [0.2, 0.25) is 0 Å². The van der Waals surface area contributed by atoms with Gasteiger partial charge in [-0.3, -0.25) is 4.68 Å². The minimum absolute atomic E-state index is 0.308. The summed E-state index contributed by atoms with van der Waals surface area (Å²) in [6, 6.07) is 0.308. The third-order valence-electron chi connectivity index (χ3n) is 2.52. The first kappa shape index (κ1) is 14.9. The van der Waals surface area contributed by atoms with Crippen LogP contribution in [0.5, 0.6) is 10.9 Å². The van der Waals surface area contributed by atoms with Crippen LogP contribution in [-0.2, 0) is 11.3 Å². The van der Waals surface area contributed by atoms with Gasteiger partial charge < -0.3 is 14.8 Å². The fourth-order valence-corrected chi connectivity index (χ4v) is 2.15. The van der Waals surface area contributed by atoms with Crippen molar-refractivity contribution in [3.8, 4) is 10.9 Å². The first-order valence-corrected chi connectivity index (χ1v) is 7.24. The van der Waals surface area contributed by atoms with Gasteiger partial charge in [-0.25, -0.2) is 0 Å². The van der Waals surface area contributed by atoms with Crippen LogP contribution in [0.4, 0.5) is 0 Å². The number of rotatable bonds is 8. The topological polar surface area (TPSA) is 74.1 Å². The average molecular weight is 297 g/mol. The van der Waals surface area contributed by atoms with E-state index in [1.165, 1.54) is 11.3 Å². The molecule has 0 saturated carbocycles. The number of nitrogens with one attached hydrogen (secondary N) is 1. The van der Waals surface area contributed by atoms with Crippen molar-refractivity contribution < 1.29 is 9.47 Å². The SMILES string of the molecule is COCCNCc1nnc(Oc2cnn(C(C)C)c2)s1. The number of hydrogen-bond acceptors (Lipinski definition) is 7. The normalized spacial score (nSPS) is 11.2. The fraction of sp³-hybridized carbons (Fsp3) is 0.583. The van der Waals surface area contributed by atoms with E-state index in [0.717, 1.165) is 11.6 Å². The van der Waals surface area contributed by atoms with Gasteiger partial charge in [0.05, 0.1) is 19.0 Å². The monoisotopic (exact) mass is 297 g/mol. The first-order valence-electron chi connectivity index (χ1n) is 6.43. The Morgan fingerprint density at radius 2 is 2.25 bits per heavy atom. The lowest BCUT2D eigenvalue weighted by Gasteiger charge is -2.02. The molecule has 0 radical (unpaired) electrons. The predicted molar refractivity (Wildman–Crippen MR) is 76.2 cm³/mol. The molecule has 0 unspecified atom stereocenters. The van der Waals surface area contributed by atoms with Gasteiger partial charge in [0.2, 0.25) is 0 Å². The van der Waals surface area contributed by atoms with Crippen LogP contribution in [0, 0.1) is 0 Å². The molecule has 0 bridgehead atoms. The van der Waals surface area contributed by atoms with Crippen LogP contribution in [-0.4, -0.2) is 40.2 Å². The molecule has 1 N–H and O–H groups in total. The molecule has 0 amide bonds. The summed E-state index contributed by atoms with van der Waals surface area (Å²) in [5, 5.41) is 16.9. The quantitative estimate of drug-likeness (QED) is 0.750. The zero-order valence-corrected chi connectivity index (χ0v) is 12.7. The van der Waals surface area contributed by atoms with Crippen molar-refractivity contribution in [3.05, 3.63) is 17.4 Å². The maximum atomic E-state index is 5.63. The number of aromatic nitrogens is 4. The average Bonchev–Trinajstić information content (AvgIpc) is 3.05. The molecule has 7 nitrogen and oxygen atoms in total. The molecule has 2 heterocycles. The zero-order chi connectivity index (χ0) is 14.4. The van der Waals surface area contributed by atoms with Crippen LogP contribution in [0.3, 0.4) is 0 Å². The number of hydrogen-bond donors (Lipinski definition) is 1. The maximum Gasteiger partial charge on any atom is 0.299 e. The van der Waals surface area contributed by atoms with Gasteiger partial charge in [0.25, 0.3) is 5.19 Å². The molecule has 2 aromatic rings. The molecule has 0 aliphatic carbocycles. The molecule has 0 saturated heterocycles. The van der Waals surface area contributed by atoms with Gasteiger partial charge in [-0.1, -0.05) is 16.4 Å². The molecule has 8 heteroatoms. The Balaban J connectivity index is 1.85. The number of nitrogens with zero attached hydrogens (tertiary/aromatic N) is 4. The second-order valence-corrected chi connectivity index (χ2v) is 5.51. The fourth-order valence-electron chi connectivity index (χ4n) is 1.48. The molecular formula is C12H19N5O2S. The van der Waals surface area contributed by atoms with Crippen LogP contribution in [0.1, 0.15) is 24.9 Å². The summed E-state index contributed by atoms with van der Waals surface area (Å²) in [5.74, 6) is 0.675. The van der Waals surface area contributed by atoms with Crippen LogP contribution >= 0.6 is 11.3 Å². The van der Waals surface area contributed by atoms with Crippen LogP contribution < -0.4 is 10.1 Å². The standard InChI is InChI=1S/C12H19N5O2S/c1-9(2)17-8-10(6-14-17)19-12-16-15-11(20-12)7-13-4-5-18-3/h6,8-9,13H,4-5,7H2,1-3H3. The van der Waals surface area contributed by atoms with Crippen molar-refractivity contribution in [2.24, 2.45) is 0 Å². The van der Waals surface area contributed by atoms with Crippen LogP contribution in [0.25, 0.3) is 0 Å². The highest BCUT2D eigenvalue weighted by atomic mass is 32.1. The summed E-state index contributed by atoms with van der Waals surface area (Å²) < 4.78 is 12.4. The summed E-state index contributed by atoms with van der Waals surface area (Å²) >= 11 is 1.42. The van der Waals surface area contributed by atoms with Gasteiger partial charge in [-0.05, 0) is 13.8 Å². The van der Waals surface area contributed by atoms with Gasteiger partial charge in [-0.15, -0.1) is 5.10 Å². The van der Waals surface area contributed by atoms with Crippen molar-refractivity contribution in [1.29, 1.82) is 0 Å². The van der Waals surface area contributed by atoms with Crippen molar-refractivity contribution in [3.63, 3.8) is 0 Å². The third-order valence-corrected chi connectivity index (χ3v) is 3.32. The lowest BCUT2D eigenvalue weighted by Crippen LogP contribution is -2.18. The van der Waals surface area contributed by atoms with Crippen LogP contribution in [0.15, 0.2) is 12.4 Å². The second kappa shape index (κ2) is 7.32. The molecule has 0 atom stereocenters. The van der Waals surface area contributed by atoms with Gasteiger partial charge in [0, 0.05) is 26.2 Å². The van der Waals surface area contributed by atoms with E-state index in [-0.39, 0.29) is 0 Å². The van der Waals surface area contributed by atoms with Gasteiger partial charge in [-0.2, -0.15) is 5.10 Å². The molecule has 110 valence electrons. The number of methoxy groups -OCH3 is 1. The zero-order valence-electron chi connectivity index (χ0n) is 11.9. The highest BCUT2D eigenvalue weighted by molar-refractivity contribution is 7.13. The highest BCUT2D eigenvalue weighted by Gasteiger charge is 2.08. The van der Waals surface area contributed by atoms with Crippen molar-refractivity contribution in [2.45, 2.75) is 26.4 Å². The molecule has 0 spiro atoms. The van der Waals surface area contributed by atoms with Crippen molar-refractivity contribution in [1.82, 2.24) is 25.3 Å². The molecule has 0 aromatic carbocycles. The Bertz CT molecular complexity index is 525. The largest absolute Gasteiger partial charge is 0.426 e. The van der Waals surface area contributed by atoms with E-state index in [4.69, 9.17) is 9.47 Å². The lowest BCUT2D eigenvalue weighted by molar-refractivity contribution is 0.199. The van der Waals surface area contributed by atoms with E-state index >= 15 is 0 Å². The minimum atomic E-state index is 0.308. The smallest absolute Gasteiger partial charge is 0.299 e. The first-order chi connectivity index (χ1) is 9.69. The highest BCUT2D eigenvalue weighted by Crippen LogP contribution is 2.25. The molecule has 2 rings (SSSR count). The molecule has 0 aliphatic rings. The third kappa shape index (κ3) is 4.26. The minimum Gasteiger partial charge on any atom is -0.426 e. The maximum absolute atomic E-state index is 5.63. The summed E-state index contributed by atoms with van der Waals surface area (Å²) in [5.41, 5.74) is 0. The van der Waals surface area contributed by atoms with Gasteiger partial charge in [0.1, 0.15) is 5.01 Å². The Kier molecular flexibility index (Phi) is 5.45. The molecule has 20 heavy (non-hydrogen) atoms. The van der Waals surface area contributed by atoms with E-state index in [2.05, 4.69) is 34.5 Å². The molecule has 0 aliphatic heterocycles. The van der Waals surface area contributed by atoms with Gasteiger partial charge >= 0.3 is 0 Å². The summed E-state index contributed by atoms with van der Waals surface area (Å²) in [6.45, 7) is 6.25. The Morgan fingerprint density at radius 3 is 2.95 bits per heavy atom. The van der Waals surface area contributed by atoms with Gasteiger partial charge in [0.15, 0.2) is 5.75 Å². The molecule has 2 aromatic heterocycles. The lowest BCUT2D eigenvalue weighted by atomic mass is 10.4. The summed E-state index contributed by atoms with van der Waals surface area (Å²) in [6.07, 6.45) is 3.53.